The highest BCUT2D eigenvalue weighted by molar-refractivity contribution is 6.33. The minimum atomic E-state index is -0.527. The van der Waals surface area contributed by atoms with Gasteiger partial charge in [0.2, 0.25) is 0 Å². The van der Waals surface area contributed by atoms with Crippen molar-refractivity contribution in [2.24, 2.45) is 5.92 Å². The molecule has 0 amide bonds. The van der Waals surface area contributed by atoms with Gasteiger partial charge in [0.15, 0.2) is 11.5 Å². The topological polar surface area (TPSA) is 38.7 Å². The van der Waals surface area contributed by atoms with E-state index in [0.717, 1.165) is 18.4 Å². The summed E-state index contributed by atoms with van der Waals surface area (Å²) in [7, 11) is 3.14. The van der Waals surface area contributed by atoms with Crippen LogP contribution < -0.4 is 9.47 Å². The largest absolute Gasteiger partial charge is 0.493 e. The van der Waals surface area contributed by atoms with Crippen LogP contribution in [0.4, 0.5) is 0 Å². The van der Waals surface area contributed by atoms with Crippen molar-refractivity contribution in [3.8, 4) is 11.5 Å². The summed E-state index contributed by atoms with van der Waals surface area (Å²) in [6.45, 7) is 0. The van der Waals surface area contributed by atoms with Crippen LogP contribution in [-0.4, -0.2) is 19.3 Å². The Kier molecular flexibility index (Phi) is 5.55. The average Bonchev–Trinajstić information content (AvgIpc) is 2.75. The van der Waals surface area contributed by atoms with Crippen molar-refractivity contribution in [3.05, 3.63) is 22.7 Å². The zero-order valence-electron chi connectivity index (χ0n) is 12.2. The maximum Gasteiger partial charge on any atom is 0.179 e. The fraction of sp³-hybridized carbons (Fsp3) is 0.625. The van der Waals surface area contributed by atoms with E-state index in [0.29, 0.717) is 16.5 Å². The molecule has 1 unspecified atom stereocenters. The van der Waals surface area contributed by atoms with Crippen LogP contribution in [0.15, 0.2) is 12.1 Å². The van der Waals surface area contributed by atoms with Gasteiger partial charge >= 0.3 is 0 Å². The molecule has 1 aliphatic carbocycles. The Morgan fingerprint density at radius 1 is 1.10 bits per heavy atom. The molecule has 0 saturated heterocycles. The summed E-state index contributed by atoms with van der Waals surface area (Å²) in [4.78, 5) is 0. The SMILES string of the molecule is COc1ccc(C(O)C2CCCCCC2)c(Cl)c1OC. The zero-order valence-corrected chi connectivity index (χ0v) is 12.9. The molecule has 0 radical (unpaired) electrons. The van der Waals surface area contributed by atoms with Gasteiger partial charge in [-0.3, -0.25) is 0 Å². The molecule has 112 valence electrons. The van der Waals surface area contributed by atoms with E-state index < -0.39 is 6.10 Å². The second-order valence-electron chi connectivity index (χ2n) is 5.40. The molecule has 4 heteroatoms. The van der Waals surface area contributed by atoms with Gasteiger partial charge in [-0.25, -0.2) is 0 Å². The van der Waals surface area contributed by atoms with Crippen LogP contribution in [0.3, 0.4) is 0 Å². The van der Waals surface area contributed by atoms with Gasteiger partial charge in [0.05, 0.1) is 25.3 Å². The Morgan fingerprint density at radius 3 is 2.30 bits per heavy atom. The first-order valence-corrected chi connectivity index (χ1v) is 7.65. The summed E-state index contributed by atoms with van der Waals surface area (Å²) < 4.78 is 10.5. The van der Waals surface area contributed by atoms with Gasteiger partial charge in [0.25, 0.3) is 0 Å². The standard InChI is InChI=1S/C16H23ClO3/c1-19-13-10-9-12(14(17)16(13)20-2)15(18)11-7-5-3-4-6-8-11/h9-11,15,18H,3-8H2,1-2H3. The van der Waals surface area contributed by atoms with E-state index in [9.17, 15) is 5.11 Å². The third-order valence-corrected chi connectivity index (χ3v) is 4.57. The molecule has 1 atom stereocenters. The van der Waals surface area contributed by atoms with E-state index in [1.807, 2.05) is 6.07 Å². The quantitative estimate of drug-likeness (QED) is 0.839. The molecule has 2 rings (SSSR count). The van der Waals surface area contributed by atoms with Crippen LogP contribution in [0.1, 0.15) is 50.2 Å². The van der Waals surface area contributed by atoms with E-state index in [4.69, 9.17) is 21.1 Å². The second-order valence-corrected chi connectivity index (χ2v) is 5.78. The fourth-order valence-electron chi connectivity index (χ4n) is 3.01. The van der Waals surface area contributed by atoms with E-state index in [1.54, 1.807) is 20.3 Å². The molecule has 1 N–H and O–H groups in total. The van der Waals surface area contributed by atoms with Crippen LogP contribution in [0, 0.1) is 5.92 Å². The number of methoxy groups -OCH3 is 2. The lowest BCUT2D eigenvalue weighted by Crippen LogP contribution is -2.13. The van der Waals surface area contributed by atoms with Crippen LogP contribution in [0.2, 0.25) is 5.02 Å². The Labute approximate surface area is 125 Å². The third-order valence-electron chi connectivity index (χ3n) is 4.18. The molecule has 0 heterocycles. The first-order valence-electron chi connectivity index (χ1n) is 7.27. The van der Waals surface area contributed by atoms with Crippen molar-refractivity contribution in [1.82, 2.24) is 0 Å². The van der Waals surface area contributed by atoms with Crippen LogP contribution in [0.25, 0.3) is 0 Å². The molecule has 0 spiro atoms. The molecular weight excluding hydrogens is 276 g/mol. The molecule has 1 fully saturated rings. The Morgan fingerprint density at radius 2 is 1.75 bits per heavy atom. The summed E-state index contributed by atoms with van der Waals surface area (Å²) in [6.07, 6.45) is 6.50. The van der Waals surface area contributed by atoms with Crippen molar-refractivity contribution < 1.29 is 14.6 Å². The van der Waals surface area contributed by atoms with Crippen molar-refractivity contribution in [3.63, 3.8) is 0 Å². The lowest BCUT2D eigenvalue weighted by molar-refractivity contribution is 0.0986. The Bertz CT molecular complexity index is 440. The Hall–Kier alpha value is -0.930. The number of aliphatic hydroxyl groups is 1. The lowest BCUT2D eigenvalue weighted by Gasteiger charge is -2.23. The normalized spacial score (nSPS) is 18.4. The molecule has 1 aromatic rings. The summed E-state index contributed by atoms with van der Waals surface area (Å²) in [5, 5.41) is 11.1. The number of aliphatic hydroxyl groups excluding tert-OH is 1. The number of benzene rings is 1. The summed E-state index contributed by atoms with van der Waals surface area (Å²) >= 11 is 6.38. The molecular formula is C16H23ClO3. The van der Waals surface area contributed by atoms with Gasteiger partial charge in [-0.15, -0.1) is 0 Å². The maximum atomic E-state index is 10.7. The number of ether oxygens (including phenoxy) is 2. The molecule has 0 bridgehead atoms. The highest BCUT2D eigenvalue weighted by atomic mass is 35.5. The predicted octanol–water partition coefficient (Wildman–Crippen LogP) is 4.36. The summed E-state index contributed by atoms with van der Waals surface area (Å²) in [6, 6.07) is 3.65. The van der Waals surface area contributed by atoms with Crippen molar-refractivity contribution in [2.75, 3.05) is 14.2 Å². The number of hydrogen-bond acceptors (Lipinski definition) is 3. The minimum Gasteiger partial charge on any atom is -0.493 e. The van der Waals surface area contributed by atoms with Gasteiger partial charge < -0.3 is 14.6 Å². The first-order chi connectivity index (χ1) is 9.69. The smallest absolute Gasteiger partial charge is 0.179 e. The molecule has 3 nitrogen and oxygen atoms in total. The molecule has 1 saturated carbocycles. The van der Waals surface area contributed by atoms with Crippen LogP contribution >= 0.6 is 11.6 Å². The molecule has 20 heavy (non-hydrogen) atoms. The molecule has 1 aliphatic rings. The van der Waals surface area contributed by atoms with E-state index in [1.165, 1.54) is 25.7 Å². The molecule has 1 aromatic carbocycles. The number of halogens is 1. The van der Waals surface area contributed by atoms with Gasteiger partial charge in [-0.05, 0) is 24.8 Å². The average molecular weight is 299 g/mol. The first kappa shape index (κ1) is 15.5. The van der Waals surface area contributed by atoms with Gasteiger partial charge in [0.1, 0.15) is 0 Å². The molecule has 0 aromatic heterocycles. The van der Waals surface area contributed by atoms with Gasteiger partial charge in [0, 0.05) is 5.56 Å². The third kappa shape index (κ3) is 3.21. The summed E-state index contributed by atoms with van der Waals surface area (Å²) in [5.41, 5.74) is 0.746. The Balaban J connectivity index is 2.27. The van der Waals surface area contributed by atoms with Gasteiger partial charge in [-0.1, -0.05) is 43.4 Å². The van der Waals surface area contributed by atoms with Gasteiger partial charge in [-0.2, -0.15) is 0 Å². The predicted molar refractivity (Wildman–Crippen MR) is 80.7 cm³/mol. The number of rotatable bonds is 4. The van der Waals surface area contributed by atoms with Crippen LogP contribution in [-0.2, 0) is 0 Å². The maximum absolute atomic E-state index is 10.7. The highest BCUT2D eigenvalue weighted by Crippen LogP contribution is 2.43. The van der Waals surface area contributed by atoms with E-state index >= 15 is 0 Å². The van der Waals surface area contributed by atoms with Crippen molar-refractivity contribution >= 4 is 11.6 Å². The lowest BCUT2D eigenvalue weighted by atomic mass is 9.89. The zero-order chi connectivity index (χ0) is 14.5. The van der Waals surface area contributed by atoms with Crippen LogP contribution in [0.5, 0.6) is 11.5 Å². The number of hydrogen-bond donors (Lipinski definition) is 1. The summed E-state index contributed by atoms with van der Waals surface area (Å²) in [5.74, 6) is 1.38. The van der Waals surface area contributed by atoms with Crippen molar-refractivity contribution in [2.45, 2.75) is 44.6 Å². The van der Waals surface area contributed by atoms with E-state index in [2.05, 4.69) is 0 Å². The van der Waals surface area contributed by atoms with E-state index in [-0.39, 0.29) is 5.92 Å². The van der Waals surface area contributed by atoms with Crippen molar-refractivity contribution in [1.29, 1.82) is 0 Å². The molecule has 0 aliphatic heterocycles. The minimum absolute atomic E-state index is 0.285. The highest BCUT2D eigenvalue weighted by Gasteiger charge is 2.26. The monoisotopic (exact) mass is 298 g/mol. The fourth-order valence-corrected chi connectivity index (χ4v) is 3.36. The second kappa shape index (κ2) is 7.19.